The Labute approximate surface area is 109 Å². The van der Waals surface area contributed by atoms with E-state index in [9.17, 15) is 9.90 Å². The van der Waals surface area contributed by atoms with Gasteiger partial charge in [-0.3, -0.25) is 0 Å². The van der Waals surface area contributed by atoms with E-state index in [1.807, 2.05) is 37.4 Å². The molecular weight excluding hydrogens is 242 g/mol. The van der Waals surface area contributed by atoms with Crippen molar-refractivity contribution in [1.29, 1.82) is 0 Å². The second-order valence-corrected chi connectivity index (χ2v) is 4.25. The van der Waals surface area contributed by atoms with Crippen LogP contribution in [-0.2, 0) is 0 Å². The molecule has 0 saturated carbocycles. The molecule has 0 atom stereocenters. The van der Waals surface area contributed by atoms with Crippen molar-refractivity contribution in [2.24, 2.45) is 0 Å². The summed E-state index contributed by atoms with van der Waals surface area (Å²) >= 11 is 0. The molecule has 0 aliphatic heterocycles. The Kier molecular flexibility index (Phi) is 2.52. The highest BCUT2D eigenvalue weighted by molar-refractivity contribution is 6.05. The fraction of sp³-hybridized carbons (Fsp3) is 0.0714. The van der Waals surface area contributed by atoms with Crippen molar-refractivity contribution in [3.8, 4) is 5.82 Å². The first-order chi connectivity index (χ1) is 9.16. The van der Waals surface area contributed by atoms with Gasteiger partial charge in [-0.1, -0.05) is 24.3 Å². The number of nitrogens with zero attached hydrogens (tertiary/aromatic N) is 3. The summed E-state index contributed by atoms with van der Waals surface area (Å²) in [5.41, 5.74) is 1.08. The van der Waals surface area contributed by atoms with Crippen LogP contribution in [-0.4, -0.2) is 25.8 Å². The minimum atomic E-state index is -0.980. The molecule has 0 fully saturated rings. The molecule has 0 spiro atoms. The molecule has 0 unspecified atom stereocenters. The van der Waals surface area contributed by atoms with Crippen LogP contribution in [0.25, 0.3) is 16.6 Å². The molecule has 0 aliphatic rings. The molecule has 0 radical (unpaired) electrons. The third kappa shape index (κ3) is 1.85. The van der Waals surface area contributed by atoms with E-state index in [0.29, 0.717) is 11.2 Å². The van der Waals surface area contributed by atoms with Crippen molar-refractivity contribution in [1.82, 2.24) is 14.8 Å². The number of carboxylic acid groups (broad SMARTS) is 1. The van der Waals surface area contributed by atoms with Crippen molar-refractivity contribution >= 4 is 16.7 Å². The van der Waals surface area contributed by atoms with Gasteiger partial charge in [0.05, 0.1) is 11.3 Å². The van der Waals surface area contributed by atoms with Crippen molar-refractivity contribution in [2.45, 2.75) is 6.92 Å². The van der Waals surface area contributed by atoms with E-state index in [-0.39, 0.29) is 5.56 Å². The van der Waals surface area contributed by atoms with E-state index in [1.54, 1.807) is 10.7 Å². The molecule has 2 aromatic heterocycles. The summed E-state index contributed by atoms with van der Waals surface area (Å²) < 4.78 is 1.66. The standard InChI is InChI=1S/C14H11N3O2/c1-9-6-7-17(16-9)13-11-5-3-2-4-10(11)12(8-15-13)14(18)19/h2-8H,1H3,(H,18,19). The zero-order valence-corrected chi connectivity index (χ0v) is 10.2. The van der Waals surface area contributed by atoms with Gasteiger partial charge in [0.15, 0.2) is 5.82 Å². The van der Waals surface area contributed by atoms with Gasteiger partial charge in [-0.2, -0.15) is 5.10 Å². The summed E-state index contributed by atoms with van der Waals surface area (Å²) in [6, 6.07) is 9.17. The molecule has 0 aliphatic carbocycles. The van der Waals surface area contributed by atoms with Crippen molar-refractivity contribution in [3.63, 3.8) is 0 Å². The Balaban J connectivity index is 2.34. The maximum absolute atomic E-state index is 11.2. The number of carboxylic acids is 1. The predicted molar refractivity (Wildman–Crippen MR) is 70.6 cm³/mol. The molecule has 1 N–H and O–H groups in total. The summed E-state index contributed by atoms with van der Waals surface area (Å²) in [6.45, 7) is 1.89. The van der Waals surface area contributed by atoms with Gasteiger partial charge < -0.3 is 5.11 Å². The Morgan fingerprint density at radius 2 is 1.95 bits per heavy atom. The minimum absolute atomic E-state index is 0.197. The largest absolute Gasteiger partial charge is 0.478 e. The van der Waals surface area contributed by atoms with E-state index < -0.39 is 5.97 Å². The number of benzene rings is 1. The van der Waals surface area contributed by atoms with Crippen LogP contribution in [0.1, 0.15) is 16.1 Å². The molecular formula is C14H11N3O2. The average molecular weight is 253 g/mol. The summed E-state index contributed by atoms with van der Waals surface area (Å²) in [4.78, 5) is 15.4. The molecule has 5 heteroatoms. The van der Waals surface area contributed by atoms with Gasteiger partial charge >= 0.3 is 5.97 Å². The van der Waals surface area contributed by atoms with Crippen molar-refractivity contribution < 1.29 is 9.90 Å². The van der Waals surface area contributed by atoms with Gasteiger partial charge in [0, 0.05) is 23.2 Å². The predicted octanol–water partition coefficient (Wildman–Crippen LogP) is 2.43. The van der Waals surface area contributed by atoms with E-state index in [0.717, 1.165) is 11.1 Å². The maximum atomic E-state index is 11.2. The average Bonchev–Trinajstić information content (AvgIpc) is 2.83. The zero-order valence-electron chi connectivity index (χ0n) is 10.2. The number of fused-ring (bicyclic) bond motifs is 1. The summed E-state index contributed by atoms with van der Waals surface area (Å²) in [5, 5.41) is 14.9. The fourth-order valence-electron chi connectivity index (χ4n) is 2.06. The van der Waals surface area contributed by atoms with Crippen LogP contribution in [0.15, 0.2) is 42.7 Å². The summed E-state index contributed by atoms with van der Waals surface area (Å²) in [5.74, 6) is -0.347. The summed E-state index contributed by atoms with van der Waals surface area (Å²) in [6.07, 6.45) is 3.18. The van der Waals surface area contributed by atoms with Crippen LogP contribution in [0.4, 0.5) is 0 Å². The molecule has 5 nitrogen and oxygen atoms in total. The number of carbonyl (C=O) groups is 1. The lowest BCUT2D eigenvalue weighted by Gasteiger charge is -2.07. The van der Waals surface area contributed by atoms with Gasteiger partial charge in [0.25, 0.3) is 0 Å². The Bertz CT molecular complexity index is 777. The summed E-state index contributed by atoms with van der Waals surface area (Å²) in [7, 11) is 0. The molecule has 3 aromatic rings. The van der Waals surface area contributed by atoms with Crippen LogP contribution >= 0.6 is 0 Å². The van der Waals surface area contributed by atoms with E-state index in [4.69, 9.17) is 0 Å². The first-order valence-electron chi connectivity index (χ1n) is 5.80. The van der Waals surface area contributed by atoms with Crippen LogP contribution < -0.4 is 0 Å². The molecule has 0 amide bonds. The lowest BCUT2D eigenvalue weighted by atomic mass is 10.1. The number of aromatic carboxylic acids is 1. The minimum Gasteiger partial charge on any atom is -0.478 e. The molecule has 3 rings (SSSR count). The third-order valence-electron chi connectivity index (χ3n) is 2.94. The van der Waals surface area contributed by atoms with Gasteiger partial charge in [-0.15, -0.1) is 0 Å². The SMILES string of the molecule is Cc1ccn(-c2ncc(C(=O)O)c3ccccc23)n1. The highest BCUT2D eigenvalue weighted by Gasteiger charge is 2.13. The third-order valence-corrected chi connectivity index (χ3v) is 2.94. The second kappa shape index (κ2) is 4.20. The number of hydrogen-bond donors (Lipinski definition) is 1. The topological polar surface area (TPSA) is 68.0 Å². The Morgan fingerprint density at radius 3 is 2.58 bits per heavy atom. The normalized spacial score (nSPS) is 10.8. The number of rotatable bonds is 2. The van der Waals surface area contributed by atoms with Crippen molar-refractivity contribution in [2.75, 3.05) is 0 Å². The van der Waals surface area contributed by atoms with Crippen LogP contribution in [0, 0.1) is 6.92 Å². The van der Waals surface area contributed by atoms with E-state index >= 15 is 0 Å². The van der Waals surface area contributed by atoms with Gasteiger partial charge in [-0.25, -0.2) is 14.5 Å². The molecule has 0 bridgehead atoms. The van der Waals surface area contributed by atoms with Crippen LogP contribution in [0.3, 0.4) is 0 Å². The molecule has 0 saturated heterocycles. The quantitative estimate of drug-likeness (QED) is 0.761. The smallest absolute Gasteiger partial charge is 0.337 e. The Hall–Kier alpha value is -2.69. The van der Waals surface area contributed by atoms with Crippen LogP contribution in [0.5, 0.6) is 0 Å². The number of pyridine rings is 1. The van der Waals surface area contributed by atoms with Gasteiger partial charge in [0.1, 0.15) is 0 Å². The lowest BCUT2D eigenvalue weighted by molar-refractivity contribution is 0.0698. The van der Waals surface area contributed by atoms with E-state index in [1.165, 1.54) is 6.20 Å². The van der Waals surface area contributed by atoms with E-state index in [2.05, 4.69) is 10.1 Å². The number of aryl methyl sites for hydroxylation is 1. The lowest BCUT2D eigenvalue weighted by Crippen LogP contribution is -2.04. The van der Waals surface area contributed by atoms with Crippen LogP contribution in [0.2, 0.25) is 0 Å². The highest BCUT2D eigenvalue weighted by Crippen LogP contribution is 2.23. The number of aromatic nitrogens is 3. The van der Waals surface area contributed by atoms with Crippen molar-refractivity contribution in [3.05, 3.63) is 54.0 Å². The molecule has 1 aromatic carbocycles. The second-order valence-electron chi connectivity index (χ2n) is 4.25. The molecule has 19 heavy (non-hydrogen) atoms. The molecule has 2 heterocycles. The van der Waals surface area contributed by atoms with Gasteiger partial charge in [-0.05, 0) is 13.0 Å². The maximum Gasteiger partial charge on any atom is 0.337 e. The Morgan fingerprint density at radius 1 is 1.21 bits per heavy atom. The first-order valence-corrected chi connectivity index (χ1v) is 5.80. The molecule has 94 valence electrons. The monoisotopic (exact) mass is 253 g/mol. The fourth-order valence-corrected chi connectivity index (χ4v) is 2.06. The number of hydrogen-bond acceptors (Lipinski definition) is 3. The first kappa shape index (κ1) is 11.4. The van der Waals surface area contributed by atoms with Gasteiger partial charge in [0.2, 0.25) is 0 Å². The highest BCUT2D eigenvalue weighted by atomic mass is 16.4. The zero-order chi connectivity index (χ0) is 13.4.